The smallest absolute Gasteiger partial charge is 0.137 e. The van der Waals surface area contributed by atoms with E-state index >= 15 is 0 Å². The van der Waals surface area contributed by atoms with Crippen LogP contribution in [0.4, 0.5) is 0 Å². The molecule has 0 aromatic carbocycles. The number of aromatic nitrogens is 2. The summed E-state index contributed by atoms with van der Waals surface area (Å²) >= 11 is 3.51. The fraction of sp³-hybridized carbons (Fsp3) is 0.417. The second-order valence-corrected chi connectivity index (χ2v) is 5.12. The standard InChI is InChI=1S/C12H14BrN3/c1-2-15-6-5-10-11(8-15)16-7-9(13)3-4-12(16)14-10/h3-4,7H,2,5-6,8H2,1H3. The van der Waals surface area contributed by atoms with Gasteiger partial charge in [0.25, 0.3) is 0 Å². The molecule has 0 radical (unpaired) electrons. The lowest BCUT2D eigenvalue weighted by Gasteiger charge is -2.24. The fourth-order valence-corrected chi connectivity index (χ4v) is 2.65. The van der Waals surface area contributed by atoms with Crippen molar-refractivity contribution in [2.75, 3.05) is 13.1 Å². The Morgan fingerprint density at radius 2 is 2.31 bits per heavy atom. The van der Waals surface area contributed by atoms with E-state index in [2.05, 4.69) is 49.4 Å². The van der Waals surface area contributed by atoms with Gasteiger partial charge < -0.3 is 4.40 Å². The molecule has 0 spiro atoms. The zero-order valence-electron chi connectivity index (χ0n) is 9.28. The fourth-order valence-electron chi connectivity index (χ4n) is 2.31. The van der Waals surface area contributed by atoms with Crippen molar-refractivity contribution in [2.45, 2.75) is 19.9 Å². The third-order valence-electron chi connectivity index (χ3n) is 3.25. The van der Waals surface area contributed by atoms with E-state index in [1.165, 1.54) is 11.4 Å². The SMILES string of the molecule is CCN1CCc2nc3ccc(Br)cn3c2C1. The molecule has 0 bridgehead atoms. The molecule has 84 valence electrons. The number of halogens is 1. The molecule has 0 aliphatic carbocycles. The molecule has 16 heavy (non-hydrogen) atoms. The molecule has 4 heteroatoms. The van der Waals surface area contributed by atoms with E-state index in [1.807, 2.05) is 6.07 Å². The first kappa shape index (κ1) is 10.3. The van der Waals surface area contributed by atoms with E-state index < -0.39 is 0 Å². The van der Waals surface area contributed by atoms with Gasteiger partial charge in [0.15, 0.2) is 0 Å². The summed E-state index contributed by atoms with van der Waals surface area (Å²) in [6.07, 6.45) is 3.18. The molecule has 1 aliphatic heterocycles. The van der Waals surface area contributed by atoms with Crippen LogP contribution in [-0.4, -0.2) is 27.4 Å². The molecule has 0 unspecified atom stereocenters. The predicted octanol–water partition coefficient (Wildman–Crippen LogP) is 2.47. The molecule has 0 fully saturated rings. The van der Waals surface area contributed by atoms with Crippen molar-refractivity contribution in [3.05, 3.63) is 34.2 Å². The number of fused-ring (bicyclic) bond motifs is 3. The Morgan fingerprint density at radius 3 is 3.12 bits per heavy atom. The Kier molecular flexibility index (Phi) is 2.48. The van der Waals surface area contributed by atoms with Gasteiger partial charge in [0.05, 0.1) is 11.4 Å². The Hall–Kier alpha value is -0.870. The highest BCUT2D eigenvalue weighted by molar-refractivity contribution is 9.10. The second-order valence-electron chi connectivity index (χ2n) is 4.20. The number of nitrogens with zero attached hydrogens (tertiary/aromatic N) is 3. The van der Waals surface area contributed by atoms with Crippen molar-refractivity contribution in [1.82, 2.24) is 14.3 Å². The summed E-state index contributed by atoms with van der Waals surface area (Å²) in [6, 6.07) is 4.12. The number of imidazole rings is 1. The van der Waals surface area contributed by atoms with Crippen LogP contribution in [0.5, 0.6) is 0 Å². The average Bonchev–Trinajstić information content (AvgIpc) is 2.66. The minimum Gasteiger partial charge on any atom is -0.301 e. The molecule has 1 aliphatic rings. The Balaban J connectivity index is 2.15. The molecule has 0 saturated carbocycles. The van der Waals surface area contributed by atoms with E-state index in [9.17, 15) is 0 Å². The molecule has 2 aromatic heterocycles. The zero-order chi connectivity index (χ0) is 11.1. The summed E-state index contributed by atoms with van der Waals surface area (Å²) in [5, 5.41) is 0. The highest BCUT2D eigenvalue weighted by Gasteiger charge is 2.20. The molecular weight excluding hydrogens is 266 g/mol. The number of pyridine rings is 1. The van der Waals surface area contributed by atoms with Gasteiger partial charge in [0, 0.05) is 30.2 Å². The summed E-state index contributed by atoms with van der Waals surface area (Å²) in [5.41, 5.74) is 3.68. The third kappa shape index (κ3) is 1.57. The minimum atomic E-state index is 1.02. The van der Waals surface area contributed by atoms with Gasteiger partial charge in [0.2, 0.25) is 0 Å². The molecular formula is C12H14BrN3. The number of rotatable bonds is 1. The second kappa shape index (κ2) is 3.86. The van der Waals surface area contributed by atoms with E-state index in [4.69, 9.17) is 0 Å². The summed E-state index contributed by atoms with van der Waals surface area (Å²) in [7, 11) is 0. The maximum Gasteiger partial charge on any atom is 0.137 e. The lowest BCUT2D eigenvalue weighted by molar-refractivity contribution is 0.262. The summed E-state index contributed by atoms with van der Waals surface area (Å²) in [5.74, 6) is 0. The van der Waals surface area contributed by atoms with Gasteiger partial charge in [-0.05, 0) is 34.6 Å². The molecule has 0 N–H and O–H groups in total. The van der Waals surface area contributed by atoms with Crippen molar-refractivity contribution in [3.8, 4) is 0 Å². The maximum atomic E-state index is 4.68. The number of hydrogen-bond donors (Lipinski definition) is 0. The maximum absolute atomic E-state index is 4.68. The van der Waals surface area contributed by atoms with Gasteiger partial charge in [-0.25, -0.2) is 4.98 Å². The van der Waals surface area contributed by atoms with Crippen LogP contribution in [0.3, 0.4) is 0 Å². The van der Waals surface area contributed by atoms with Crippen LogP contribution in [0, 0.1) is 0 Å². The molecule has 3 rings (SSSR count). The monoisotopic (exact) mass is 279 g/mol. The van der Waals surface area contributed by atoms with E-state index in [1.54, 1.807) is 0 Å². The normalized spacial score (nSPS) is 16.6. The van der Waals surface area contributed by atoms with Gasteiger partial charge in [-0.3, -0.25) is 4.90 Å². The van der Waals surface area contributed by atoms with E-state index in [0.29, 0.717) is 0 Å². The van der Waals surface area contributed by atoms with Crippen LogP contribution in [-0.2, 0) is 13.0 Å². The van der Waals surface area contributed by atoms with Crippen LogP contribution in [0.25, 0.3) is 5.65 Å². The van der Waals surface area contributed by atoms with E-state index in [0.717, 1.165) is 36.2 Å². The third-order valence-corrected chi connectivity index (χ3v) is 3.72. The molecule has 0 atom stereocenters. The van der Waals surface area contributed by atoms with Crippen molar-refractivity contribution in [1.29, 1.82) is 0 Å². The van der Waals surface area contributed by atoms with Gasteiger partial charge in [-0.1, -0.05) is 6.92 Å². The summed E-state index contributed by atoms with van der Waals surface area (Å²) in [6.45, 7) is 5.48. The van der Waals surface area contributed by atoms with Crippen molar-refractivity contribution in [3.63, 3.8) is 0 Å². The van der Waals surface area contributed by atoms with Crippen molar-refractivity contribution < 1.29 is 0 Å². The predicted molar refractivity (Wildman–Crippen MR) is 67.5 cm³/mol. The lowest BCUT2D eigenvalue weighted by atomic mass is 10.1. The Bertz CT molecular complexity index is 532. The van der Waals surface area contributed by atoms with Gasteiger partial charge >= 0.3 is 0 Å². The molecule has 3 nitrogen and oxygen atoms in total. The molecule has 3 heterocycles. The van der Waals surface area contributed by atoms with Crippen LogP contribution in [0.1, 0.15) is 18.3 Å². The van der Waals surface area contributed by atoms with E-state index in [-0.39, 0.29) is 0 Å². The zero-order valence-corrected chi connectivity index (χ0v) is 10.9. The molecule has 2 aromatic rings. The first-order valence-electron chi connectivity index (χ1n) is 5.65. The Labute approximate surface area is 103 Å². The van der Waals surface area contributed by atoms with Gasteiger partial charge in [0.1, 0.15) is 5.65 Å². The largest absolute Gasteiger partial charge is 0.301 e. The highest BCUT2D eigenvalue weighted by atomic mass is 79.9. The minimum absolute atomic E-state index is 1.02. The lowest BCUT2D eigenvalue weighted by Crippen LogP contribution is -2.30. The first-order chi connectivity index (χ1) is 7.78. The summed E-state index contributed by atoms with van der Waals surface area (Å²) < 4.78 is 3.31. The van der Waals surface area contributed by atoms with Gasteiger partial charge in [-0.15, -0.1) is 0 Å². The Morgan fingerprint density at radius 1 is 1.44 bits per heavy atom. The highest BCUT2D eigenvalue weighted by Crippen LogP contribution is 2.22. The van der Waals surface area contributed by atoms with Crippen LogP contribution < -0.4 is 0 Å². The molecule has 0 saturated heterocycles. The topological polar surface area (TPSA) is 20.5 Å². The summed E-state index contributed by atoms with van der Waals surface area (Å²) in [4.78, 5) is 7.13. The van der Waals surface area contributed by atoms with Gasteiger partial charge in [-0.2, -0.15) is 0 Å². The quantitative estimate of drug-likeness (QED) is 0.800. The van der Waals surface area contributed by atoms with Crippen molar-refractivity contribution in [2.24, 2.45) is 0 Å². The van der Waals surface area contributed by atoms with Crippen LogP contribution >= 0.6 is 15.9 Å². The average molecular weight is 280 g/mol. The number of hydrogen-bond acceptors (Lipinski definition) is 2. The first-order valence-corrected chi connectivity index (χ1v) is 6.45. The number of likely N-dealkylation sites (N-methyl/N-ethyl adjacent to an activating group) is 1. The molecule has 0 amide bonds. The van der Waals surface area contributed by atoms with Crippen LogP contribution in [0.2, 0.25) is 0 Å². The van der Waals surface area contributed by atoms with Crippen molar-refractivity contribution >= 4 is 21.6 Å². The van der Waals surface area contributed by atoms with Crippen LogP contribution in [0.15, 0.2) is 22.8 Å².